The molecule has 1 heterocycles. The predicted octanol–water partition coefficient (Wildman–Crippen LogP) is 3.14. The van der Waals surface area contributed by atoms with Crippen molar-refractivity contribution in [3.8, 4) is 0 Å². The van der Waals surface area contributed by atoms with Crippen LogP contribution in [0.2, 0.25) is 5.02 Å². The number of aromatic nitrogens is 3. The van der Waals surface area contributed by atoms with Crippen LogP contribution in [0.15, 0.2) is 24.3 Å². The van der Waals surface area contributed by atoms with Crippen molar-refractivity contribution < 1.29 is 4.79 Å². The normalized spacial score (nSPS) is 12.4. The number of benzene rings is 1. The number of amides is 1. The molecule has 106 valence electrons. The lowest BCUT2D eigenvalue weighted by molar-refractivity contribution is -0.118. The summed E-state index contributed by atoms with van der Waals surface area (Å²) in [6.07, 6.45) is 0. The first kappa shape index (κ1) is 14.5. The molecule has 0 aliphatic carbocycles. The minimum atomic E-state index is -0.272. The predicted molar refractivity (Wildman–Crippen MR) is 78.8 cm³/mol. The van der Waals surface area contributed by atoms with Gasteiger partial charge in [-0.2, -0.15) is 4.98 Å². The van der Waals surface area contributed by atoms with E-state index in [4.69, 9.17) is 11.6 Å². The highest BCUT2D eigenvalue weighted by Gasteiger charge is 2.25. The third-order valence-electron chi connectivity index (χ3n) is 3.01. The molecule has 20 heavy (non-hydrogen) atoms. The number of halogens is 1. The van der Waals surface area contributed by atoms with Crippen LogP contribution in [0.25, 0.3) is 0 Å². The van der Waals surface area contributed by atoms with Crippen LogP contribution in [-0.2, 0) is 4.79 Å². The van der Waals surface area contributed by atoms with E-state index in [0.29, 0.717) is 16.8 Å². The van der Waals surface area contributed by atoms with Crippen LogP contribution < -0.4 is 5.32 Å². The van der Waals surface area contributed by atoms with Crippen LogP contribution >= 0.6 is 11.6 Å². The molecule has 0 aliphatic rings. The Balaban J connectivity index is 2.20. The number of carbonyl (C=O) groups is 1. The van der Waals surface area contributed by atoms with E-state index in [1.807, 2.05) is 26.0 Å². The zero-order valence-corrected chi connectivity index (χ0v) is 12.4. The van der Waals surface area contributed by atoms with E-state index in [-0.39, 0.29) is 17.7 Å². The summed E-state index contributed by atoms with van der Waals surface area (Å²) in [7, 11) is 0. The molecule has 0 bridgehead atoms. The summed E-state index contributed by atoms with van der Waals surface area (Å²) in [6, 6.07) is 7.32. The molecule has 6 heteroatoms. The van der Waals surface area contributed by atoms with Crippen molar-refractivity contribution in [2.75, 3.05) is 5.32 Å². The van der Waals surface area contributed by atoms with E-state index in [1.54, 1.807) is 19.1 Å². The van der Waals surface area contributed by atoms with Gasteiger partial charge in [0.1, 0.15) is 5.82 Å². The Kier molecular flexibility index (Phi) is 4.39. The highest BCUT2D eigenvalue weighted by atomic mass is 35.5. The first-order valence-corrected chi connectivity index (χ1v) is 6.80. The van der Waals surface area contributed by atoms with Crippen LogP contribution in [0.5, 0.6) is 0 Å². The molecule has 1 amide bonds. The molecule has 0 aliphatic heterocycles. The maximum absolute atomic E-state index is 12.4. The summed E-state index contributed by atoms with van der Waals surface area (Å²) in [4.78, 5) is 16.5. The van der Waals surface area contributed by atoms with E-state index in [9.17, 15) is 4.79 Å². The average molecular weight is 293 g/mol. The molecule has 0 spiro atoms. The maximum Gasteiger partial charge on any atom is 0.248 e. The van der Waals surface area contributed by atoms with Crippen molar-refractivity contribution in [1.29, 1.82) is 0 Å². The SMILES string of the molecule is Cc1nc(NC(=O)C(c2ccc(Cl)cc2)C(C)C)n[nH]1. The number of nitrogens with one attached hydrogen (secondary N) is 2. The topological polar surface area (TPSA) is 70.7 Å². The maximum atomic E-state index is 12.4. The van der Waals surface area contributed by atoms with Gasteiger partial charge in [-0.05, 0) is 30.5 Å². The Morgan fingerprint density at radius 2 is 1.95 bits per heavy atom. The van der Waals surface area contributed by atoms with Crippen molar-refractivity contribution in [3.05, 3.63) is 40.7 Å². The average Bonchev–Trinajstić information content (AvgIpc) is 2.77. The summed E-state index contributed by atoms with van der Waals surface area (Å²) in [5, 5.41) is 10.00. The molecule has 2 rings (SSSR count). The molecular formula is C14H17ClN4O. The van der Waals surface area contributed by atoms with Gasteiger partial charge in [0, 0.05) is 5.02 Å². The van der Waals surface area contributed by atoms with Crippen molar-refractivity contribution in [3.63, 3.8) is 0 Å². The Morgan fingerprint density at radius 1 is 1.30 bits per heavy atom. The molecule has 1 atom stereocenters. The first-order chi connectivity index (χ1) is 9.47. The second kappa shape index (κ2) is 6.05. The van der Waals surface area contributed by atoms with Gasteiger partial charge in [-0.25, -0.2) is 0 Å². The van der Waals surface area contributed by atoms with E-state index >= 15 is 0 Å². The Bertz CT molecular complexity index is 591. The van der Waals surface area contributed by atoms with Gasteiger partial charge < -0.3 is 0 Å². The van der Waals surface area contributed by atoms with E-state index < -0.39 is 0 Å². The Hall–Kier alpha value is -1.88. The van der Waals surface area contributed by atoms with E-state index in [0.717, 1.165) is 5.56 Å². The third kappa shape index (κ3) is 3.36. The second-order valence-corrected chi connectivity index (χ2v) is 5.44. The van der Waals surface area contributed by atoms with Gasteiger partial charge in [-0.1, -0.05) is 37.6 Å². The number of aromatic amines is 1. The summed E-state index contributed by atoms with van der Waals surface area (Å²) >= 11 is 5.88. The molecule has 1 aromatic heterocycles. The van der Waals surface area contributed by atoms with Crippen LogP contribution in [0.3, 0.4) is 0 Å². The number of rotatable bonds is 4. The van der Waals surface area contributed by atoms with Crippen molar-refractivity contribution in [1.82, 2.24) is 15.2 Å². The fraction of sp³-hybridized carbons (Fsp3) is 0.357. The number of hydrogen-bond acceptors (Lipinski definition) is 3. The molecule has 2 aromatic rings. The lowest BCUT2D eigenvalue weighted by Gasteiger charge is -2.19. The minimum Gasteiger partial charge on any atom is -0.293 e. The van der Waals surface area contributed by atoms with Crippen LogP contribution in [-0.4, -0.2) is 21.1 Å². The summed E-state index contributed by atoms with van der Waals surface area (Å²) in [5.41, 5.74) is 0.925. The number of hydrogen-bond donors (Lipinski definition) is 2. The van der Waals surface area contributed by atoms with Crippen molar-refractivity contribution in [2.45, 2.75) is 26.7 Å². The minimum absolute atomic E-state index is 0.124. The molecule has 5 nitrogen and oxygen atoms in total. The first-order valence-electron chi connectivity index (χ1n) is 6.42. The molecule has 2 N–H and O–H groups in total. The highest BCUT2D eigenvalue weighted by Crippen LogP contribution is 2.26. The molecule has 0 fully saturated rings. The number of nitrogens with zero attached hydrogens (tertiary/aromatic N) is 2. The third-order valence-corrected chi connectivity index (χ3v) is 3.26. The standard InChI is InChI=1S/C14H17ClN4O/c1-8(2)12(10-4-6-11(15)7-5-10)13(20)17-14-16-9(3)18-19-14/h4-8,12H,1-3H3,(H2,16,17,18,19,20). The molecule has 1 aromatic carbocycles. The van der Waals surface area contributed by atoms with Crippen LogP contribution in [0.4, 0.5) is 5.95 Å². The van der Waals surface area contributed by atoms with Gasteiger partial charge in [0.05, 0.1) is 5.92 Å². The monoisotopic (exact) mass is 292 g/mol. The van der Waals surface area contributed by atoms with Gasteiger partial charge in [0.25, 0.3) is 0 Å². The molecular weight excluding hydrogens is 276 g/mol. The fourth-order valence-electron chi connectivity index (χ4n) is 2.10. The Morgan fingerprint density at radius 3 is 2.45 bits per heavy atom. The summed E-state index contributed by atoms with van der Waals surface area (Å²) in [6.45, 7) is 5.78. The second-order valence-electron chi connectivity index (χ2n) is 5.01. The lowest BCUT2D eigenvalue weighted by Crippen LogP contribution is -2.25. The van der Waals surface area contributed by atoms with Gasteiger partial charge >= 0.3 is 0 Å². The van der Waals surface area contributed by atoms with Gasteiger partial charge in [-0.3, -0.25) is 15.2 Å². The van der Waals surface area contributed by atoms with Crippen molar-refractivity contribution in [2.24, 2.45) is 5.92 Å². The van der Waals surface area contributed by atoms with Crippen LogP contribution in [0.1, 0.15) is 31.2 Å². The van der Waals surface area contributed by atoms with E-state index in [1.165, 1.54) is 0 Å². The Labute approximate surface area is 122 Å². The van der Waals surface area contributed by atoms with Gasteiger partial charge in [0.15, 0.2) is 0 Å². The zero-order valence-electron chi connectivity index (χ0n) is 11.6. The quantitative estimate of drug-likeness (QED) is 0.909. The lowest BCUT2D eigenvalue weighted by atomic mass is 9.88. The number of anilines is 1. The number of carbonyl (C=O) groups excluding carboxylic acids is 1. The summed E-state index contributed by atoms with van der Waals surface area (Å²) in [5.74, 6) is 0.712. The van der Waals surface area contributed by atoms with Crippen LogP contribution in [0, 0.1) is 12.8 Å². The number of aryl methyl sites for hydroxylation is 1. The molecule has 0 saturated heterocycles. The molecule has 0 saturated carbocycles. The molecule has 0 radical (unpaired) electrons. The van der Waals surface area contributed by atoms with Crippen molar-refractivity contribution >= 4 is 23.5 Å². The molecule has 1 unspecified atom stereocenters. The van der Waals surface area contributed by atoms with Gasteiger partial charge in [0.2, 0.25) is 11.9 Å². The summed E-state index contributed by atoms with van der Waals surface area (Å²) < 4.78 is 0. The zero-order chi connectivity index (χ0) is 14.7. The van der Waals surface area contributed by atoms with E-state index in [2.05, 4.69) is 20.5 Å². The highest BCUT2D eigenvalue weighted by molar-refractivity contribution is 6.30. The largest absolute Gasteiger partial charge is 0.293 e. The number of H-pyrrole nitrogens is 1. The fourth-order valence-corrected chi connectivity index (χ4v) is 2.22. The smallest absolute Gasteiger partial charge is 0.248 e. The van der Waals surface area contributed by atoms with Gasteiger partial charge in [-0.15, -0.1) is 5.10 Å².